The summed E-state index contributed by atoms with van der Waals surface area (Å²) in [6, 6.07) is 0. The molecule has 0 bridgehead atoms. The van der Waals surface area contributed by atoms with Gasteiger partial charge in [0, 0.05) is 0 Å². The Morgan fingerprint density at radius 1 is 1.36 bits per heavy atom. The van der Waals surface area contributed by atoms with Crippen LogP contribution in [0.1, 0.15) is 27.7 Å². The van der Waals surface area contributed by atoms with Crippen LogP contribution in [0.25, 0.3) is 0 Å². The highest BCUT2D eigenvalue weighted by Crippen LogP contribution is 2.02. The number of hydrogen-bond donors (Lipinski definition) is 1. The zero-order valence-corrected chi connectivity index (χ0v) is 9.87. The van der Waals surface area contributed by atoms with E-state index in [-0.39, 0.29) is 5.76 Å². The molecule has 0 aliphatic carbocycles. The third kappa shape index (κ3) is 13.4. The van der Waals surface area contributed by atoms with Gasteiger partial charge in [0.25, 0.3) is 0 Å². The van der Waals surface area contributed by atoms with Gasteiger partial charge in [-0.15, -0.1) is 0 Å². The second-order valence-corrected chi connectivity index (χ2v) is 3.48. The summed E-state index contributed by atoms with van der Waals surface area (Å²) in [5.41, 5.74) is 0. The van der Waals surface area contributed by atoms with Crippen molar-refractivity contribution in [1.29, 1.82) is 0 Å². The van der Waals surface area contributed by atoms with Gasteiger partial charge in [0.05, 0.1) is 7.11 Å². The van der Waals surface area contributed by atoms with Crippen molar-refractivity contribution in [1.82, 2.24) is 0 Å². The molecule has 0 aromatic heterocycles. The molecule has 1 N–H and O–H groups in total. The van der Waals surface area contributed by atoms with E-state index in [1.807, 2.05) is 0 Å². The molecular formula is C12H22O2. The molecule has 0 unspecified atom stereocenters. The lowest BCUT2D eigenvalue weighted by Crippen LogP contribution is -1.86. The van der Waals surface area contributed by atoms with Gasteiger partial charge in [0.15, 0.2) is 5.76 Å². The predicted octanol–water partition coefficient (Wildman–Crippen LogP) is 3.83. The molecule has 82 valence electrons. The second kappa shape index (κ2) is 9.90. The van der Waals surface area contributed by atoms with Crippen LogP contribution in [0, 0.1) is 5.92 Å². The van der Waals surface area contributed by atoms with Gasteiger partial charge in [-0.05, 0) is 18.9 Å². The van der Waals surface area contributed by atoms with Gasteiger partial charge in [-0.1, -0.05) is 39.5 Å². The standard InChI is InChI=1S/C8H12O2.C4H10/c1-4-5-6-8(10-3)7(2)9;1-4(2)3/h4-6,9H,1H2,2-3H3;4H,1-3H3/b6-5-,8-7-;. The van der Waals surface area contributed by atoms with Crippen molar-refractivity contribution in [2.24, 2.45) is 5.92 Å². The van der Waals surface area contributed by atoms with Gasteiger partial charge >= 0.3 is 0 Å². The lowest BCUT2D eigenvalue weighted by Gasteiger charge is -1.99. The summed E-state index contributed by atoms with van der Waals surface area (Å²) in [6.45, 7) is 11.5. The fraction of sp³-hybridized carbons (Fsp3) is 0.500. The van der Waals surface area contributed by atoms with Crippen LogP contribution in [-0.2, 0) is 4.74 Å². The summed E-state index contributed by atoms with van der Waals surface area (Å²) in [6.07, 6.45) is 4.95. The Morgan fingerprint density at radius 2 is 1.79 bits per heavy atom. The van der Waals surface area contributed by atoms with Gasteiger partial charge in [0.2, 0.25) is 0 Å². The highest BCUT2D eigenvalue weighted by Gasteiger charge is 1.92. The molecule has 0 saturated heterocycles. The molecule has 0 saturated carbocycles. The first kappa shape index (κ1) is 15.3. The molecular weight excluding hydrogens is 176 g/mol. The maximum absolute atomic E-state index is 8.91. The quantitative estimate of drug-likeness (QED) is 0.551. The van der Waals surface area contributed by atoms with Crippen molar-refractivity contribution in [2.75, 3.05) is 7.11 Å². The van der Waals surface area contributed by atoms with Gasteiger partial charge in [-0.2, -0.15) is 0 Å². The molecule has 2 heteroatoms. The highest BCUT2D eigenvalue weighted by atomic mass is 16.5. The van der Waals surface area contributed by atoms with Crippen LogP contribution in [0.4, 0.5) is 0 Å². The monoisotopic (exact) mass is 198 g/mol. The molecule has 0 aliphatic rings. The van der Waals surface area contributed by atoms with Crippen LogP contribution < -0.4 is 0 Å². The molecule has 0 radical (unpaired) electrons. The lowest BCUT2D eigenvalue weighted by atomic mass is 10.3. The van der Waals surface area contributed by atoms with E-state index in [1.54, 1.807) is 25.2 Å². The number of hydrogen-bond acceptors (Lipinski definition) is 2. The zero-order valence-electron chi connectivity index (χ0n) is 9.87. The van der Waals surface area contributed by atoms with E-state index >= 15 is 0 Å². The first-order valence-electron chi connectivity index (χ1n) is 4.68. The first-order chi connectivity index (χ1) is 6.45. The number of ether oxygens (including phenoxy) is 1. The minimum Gasteiger partial charge on any atom is -0.509 e. The Bertz CT molecular complexity index is 194. The van der Waals surface area contributed by atoms with Crippen LogP contribution in [0.3, 0.4) is 0 Å². The maximum Gasteiger partial charge on any atom is 0.155 e. The molecule has 0 spiro atoms. The second-order valence-electron chi connectivity index (χ2n) is 3.48. The Morgan fingerprint density at radius 3 is 2.00 bits per heavy atom. The zero-order chi connectivity index (χ0) is 11.6. The number of allylic oxidation sites excluding steroid dienone is 4. The Balaban J connectivity index is 0. The molecule has 0 fully saturated rings. The van der Waals surface area contributed by atoms with Gasteiger partial charge in [0.1, 0.15) is 5.76 Å². The molecule has 0 heterocycles. The molecule has 0 amide bonds. The minimum atomic E-state index is 0.167. The Hall–Kier alpha value is -1.18. The van der Waals surface area contributed by atoms with Crippen molar-refractivity contribution in [3.8, 4) is 0 Å². The summed E-state index contributed by atoms with van der Waals surface area (Å²) in [4.78, 5) is 0. The van der Waals surface area contributed by atoms with E-state index in [0.29, 0.717) is 5.76 Å². The van der Waals surface area contributed by atoms with Crippen LogP contribution in [0.5, 0.6) is 0 Å². The third-order valence-electron chi connectivity index (χ3n) is 0.960. The lowest BCUT2D eigenvalue weighted by molar-refractivity contribution is 0.269. The van der Waals surface area contributed by atoms with Crippen LogP contribution in [-0.4, -0.2) is 12.2 Å². The van der Waals surface area contributed by atoms with E-state index in [4.69, 9.17) is 9.84 Å². The van der Waals surface area contributed by atoms with Crippen LogP contribution >= 0.6 is 0 Å². The van der Waals surface area contributed by atoms with Crippen molar-refractivity contribution in [2.45, 2.75) is 27.7 Å². The molecule has 0 aliphatic heterocycles. The average Bonchev–Trinajstić information content (AvgIpc) is 2.04. The van der Waals surface area contributed by atoms with Gasteiger partial charge < -0.3 is 9.84 Å². The van der Waals surface area contributed by atoms with Gasteiger partial charge in [-0.3, -0.25) is 0 Å². The Labute approximate surface area is 87.6 Å². The van der Waals surface area contributed by atoms with Crippen molar-refractivity contribution < 1.29 is 9.84 Å². The summed E-state index contributed by atoms with van der Waals surface area (Å²) >= 11 is 0. The van der Waals surface area contributed by atoms with Crippen molar-refractivity contribution in [3.63, 3.8) is 0 Å². The normalized spacial score (nSPS) is 11.9. The van der Waals surface area contributed by atoms with Gasteiger partial charge in [-0.25, -0.2) is 0 Å². The summed E-state index contributed by atoms with van der Waals surface area (Å²) in [5, 5.41) is 8.91. The maximum atomic E-state index is 8.91. The van der Waals surface area contributed by atoms with E-state index in [0.717, 1.165) is 5.92 Å². The topological polar surface area (TPSA) is 29.5 Å². The fourth-order valence-corrected chi connectivity index (χ4v) is 0.492. The average molecular weight is 198 g/mol. The van der Waals surface area contributed by atoms with E-state index in [1.165, 1.54) is 7.11 Å². The molecule has 0 aromatic carbocycles. The fourth-order valence-electron chi connectivity index (χ4n) is 0.492. The van der Waals surface area contributed by atoms with Crippen LogP contribution in [0.15, 0.2) is 36.3 Å². The summed E-state index contributed by atoms with van der Waals surface area (Å²) in [7, 11) is 1.50. The third-order valence-corrected chi connectivity index (χ3v) is 0.960. The highest BCUT2D eigenvalue weighted by molar-refractivity contribution is 5.17. The largest absolute Gasteiger partial charge is 0.509 e. The minimum absolute atomic E-state index is 0.167. The SMILES string of the molecule is C=C/C=C\C(OC)=C(/C)O.CC(C)C. The molecule has 0 aromatic rings. The van der Waals surface area contributed by atoms with Crippen molar-refractivity contribution >= 4 is 0 Å². The first-order valence-corrected chi connectivity index (χ1v) is 4.68. The number of aliphatic hydroxyl groups is 1. The molecule has 14 heavy (non-hydrogen) atoms. The number of methoxy groups -OCH3 is 1. The Kier molecular flexibility index (Phi) is 10.8. The van der Waals surface area contributed by atoms with Crippen LogP contribution in [0.2, 0.25) is 0 Å². The van der Waals surface area contributed by atoms with E-state index in [2.05, 4.69) is 27.4 Å². The number of aliphatic hydroxyl groups excluding tert-OH is 1. The van der Waals surface area contributed by atoms with E-state index < -0.39 is 0 Å². The molecule has 0 rings (SSSR count). The summed E-state index contributed by atoms with van der Waals surface area (Å²) in [5.74, 6) is 1.46. The molecule has 0 atom stereocenters. The predicted molar refractivity (Wildman–Crippen MR) is 62.2 cm³/mol. The van der Waals surface area contributed by atoms with Crippen molar-refractivity contribution in [3.05, 3.63) is 36.3 Å². The van der Waals surface area contributed by atoms with E-state index in [9.17, 15) is 0 Å². The summed E-state index contributed by atoms with van der Waals surface area (Å²) < 4.78 is 4.81. The molecule has 2 nitrogen and oxygen atoms in total. The smallest absolute Gasteiger partial charge is 0.155 e. The number of rotatable bonds is 3.